The maximum Gasteiger partial charge on any atom is 0.326 e. The predicted octanol–water partition coefficient (Wildman–Crippen LogP) is 2.08. The van der Waals surface area contributed by atoms with Crippen LogP contribution in [0.2, 0.25) is 0 Å². The first-order valence-electron chi connectivity index (χ1n) is 8.68. The molecule has 0 spiro atoms. The highest BCUT2D eigenvalue weighted by Gasteiger charge is 2.26. The lowest BCUT2D eigenvalue weighted by Crippen LogP contribution is -2.52. The number of nitrogens with one attached hydrogen (secondary N) is 2. The van der Waals surface area contributed by atoms with Crippen molar-refractivity contribution in [2.75, 3.05) is 12.0 Å². The molecule has 0 unspecified atom stereocenters. The number of carbonyl (C=O) groups is 3. The van der Waals surface area contributed by atoms with Gasteiger partial charge in [0.2, 0.25) is 11.8 Å². The van der Waals surface area contributed by atoms with Gasteiger partial charge >= 0.3 is 5.97 Å². The summed E-state index contributed by atoms with van der Waals surface area (Å²) in [6, 6.07) is 7.36. The van der Waals surface area contributed by atoms with Gasteiger partial charge in [-0.1, -0.05) is 44.2 Å². The summed E-state index contributed by atoms with van der Waals surface area (Å²) < 4.78 is 0. The Kier molecular flexibility index (Phi) is 9.80. The van der Waals surface area contributed by atoms with E-state index < -0.39 is 24.0 Å². The highest BCUT2D eigenvalue weighted by molar-refractivity contribution is 7.98. The topological polar surface area (TPSA) is 95.5 Å². The van der Waals surface area contributed by atoms with Crippen molar-refractivity contribution in [1.29, 1.82) is 0 Å². The van der Waals surface area contributed by atoms with Crippen LogP contribution in [0.1, 0.15) is 32.3 Å². The Bertz CT molecular complexity index is 592. The summed E-state index contributed by atoms with van der Waals surface area (Å²) in [6.07, 6.45) is 2.89. The van der Waals surface area contributed by atoms with Gasteiger partial charge in [0.15, 0.2) is 0 Å². The Morgan fingerprint density at radius 1 is 1.08 bits per heavy atom. The number of hydrogen-bond acceptors (Lipinski definition) is 4. The molecule has 2 atom stereocenters. The van der Waals surface area contributed by atoms with Crippen molar-refractivity contribution in [1.82, 2.24) is 10.6 Å². The van der Waals surface area contributed by atoms with E-state index in [0.717, 1.165) is 5.56 Å². The van der Waals surface area contributed by atoms with Crippen molar-refractivity contribution in [2.45, 2.75) is 45.2 Å². The minimum Gasteiger partial charge on any atom is -0.480 e. The van der Waals surface area contributed by atoms with E-state index >= 15 is 0 Å². The molecule has 0 aliphatic heterocycles. The van der Waals surface area contributed by atoms with E-state index in [1.807, 2.05) is 50.4 Å². The van der Waals surface area contributed by atoms with Gasteiger partial charge < -0.3 is 15.7 Å². The van der Waals surface area contributed by atoms with Gasteiger partial charge in [0, 0.05) is 12.8 Å². The molecule has 0 bridgehead atoms. The summed E-state index contributed by atoms with van der Waals surface area (Å²) in [7, 11) is 0. The number of benzene rings is 1. The van der Waals surface area contributed by atoms with E-state index in [4.69, 9.17) is 0 Å². The molecule has 0 aromatic heterocycles. The third kappa shape index (κ3) is 8.38. The van der Waals surface area contributed by atoms with Crippen LogP contribution in [0.5, 0.6) is 0 Å². The fourth-order valence-electron chi connectivity index (χ4n) is 2.45. The number of hydrogen-bond donors (Lipinski definition) is 3. The van der Waals surface area contributed by atoms with E-state index in [2.05, 4.69) is 10.6 Å². The Morgan fingerprint density at radius 3 is 2.27 bits per heavy atom. The zero-order chi connectivity index (χ0) is 19.5. The molecule has 7 heteroatoms. The standard InChI is InChI=1S/C19H28N2O4S/c1-13(2)11-17(22)20-15(9-10-26-3)18(23)21-16(19(24)25)12-14-7-5-4-6-8-14/h4-8,13,15-16H,9-12H2,1-3H3,(H,20,22)(H,21,23)(H,24,25)/t15-,16-/m0/s1. The Labute approximate surface area is 159 Å². The van der Waals surface area contributed by atoms with Gasteiger partial charge in [-0.15, -0.1) is 0 Å². The molecule has 3 N–H and O–H groups in total. The molecule has 0 saturated carbocycles. The molecule has 0 radical (unpaired) electrons. The number of carbonyl (C=O) groups excluding carboxylic acids is 2. The molecular weight excluding hydrogens is 352 g/mol. The SMILES string of the molecule is CSCC[C@H](NC(=O)CC(C)C)C(=O)N[C@@H](Cc1ccccc1)C(=O)O. The first kappa shape index (κ1) is 22.0. The number of carboxylic acids is 1. The number of aliphatic carboxylic acids is 1. The quantitative estimate of drug-likeness (QED) is 0.546. The Morgan fingerprint density at radius 2 is 1.73 bits per heavy atom. The van der Waals surface area contributed by atoms with Crippen molar-refractivity contribution in [3.63, 3.8) is 0 Å². The molecule has 1 aromatic rings. The molecule has 0 aliphatic carbocycles. The van der Waals surface area contributed by atoms with Crippen LogP contribution >= 0.6 is 11.8 Å². The summed E-state index contributed by atoms with van der Waals surface area (Å²) in [6.45, 7) is 3.85. The van der Waals surface area contributed by atoms with Crippen LogP contribution in [0.4, 0.5) is 0 Å². The fourth-order valence-corrected chi connectivity index (χ4v) is 2.92. The van der Waals surface area contributed by atoms with Crippen LogP contribution in [0.3, 0.4) is 0 Å². The van der Waals surface area contributed by atoms with Crippen molar-refractivity contribution in [3.8, 4) is 0 Å². The maximum atomic E-state index is 12.6. The lowest BCUT2D eigenvalue weighted by molar-refractivity contribution is -0.142. The van der Waals surface area contributed by atoms with Crippen LogP contribution in [0.15, 0.2) is 30.3 Å². The smallest absolute Gasteiger partial charge is 0.326 e. The summed E-state index contributed by atoms with van der Waals surface area (Å²) >= 11 is 1.57. The number of thioether (sulfide) groups is 1. The second kappa shape index (κ2) is 11.6. The van der Waals surface area contributed by atoms with E-state index in [1.54, 1.807) is 11.8 Å². The molecule has 0 fully saturated rings. The van der Waals surface area contributed by atoms with E-state index in [1.165, 1.54) is 0 Å². The normalized spacial score (nSPS) is 13.1. The lowest BCUT2D eigenvalue weighted by atomic mass is 10.0. The first-order valence-corrected chi connectivity index (χ1v) is 10.1. The minimum absolute atomic E-state index is 0.184. The fraction of sp³-hybridized carbons (Fsp3) is 0.526. The average Bonchev–Trinajstić information content (AvgIpc) is 2.58. The highest BCUT2D eigenvalue weighted by Crippen LogP contribution is 2.07. The van der Waals surface area contributed by atoms with Crippen molar-refractivity contribution < 1.29 is 19.5 Å². The summed E-state index contributed by atoms with van der Waals surface area (Å²) in [5.74, 6) is -0.879. The lowest BCUT2D eigenvalue weighted by Gasteiger charge is -2.22. The molecule has 144 valence electrons. The molecule has 0 aliphatic rings. The maximum absolute atomic E-state index is 12.6. The molecule has 1 aromatic carbocycles. The van der Waals surface area contributed by atoms with Crippen LogP contribution in [0, 0.1) is 5.92 Å². The monoisotopic (exact) mass is 380 g/mol. The zero-order valence-electron chi connectivity index (χ0n) is 15.5. The van der Waals surface area contributed by atoms with Crippen molar-refractivity contribution >= 4 is 29.5 Å². The minimum atomic E-state index is -1.10. The summed E-state index contributed by atoms with van der Waals surface area (Å²) in [5, 5.41) is 14.7. The van der Waals surface area contributed by atoms with Crippen LogP contribution in [-0.4, -0.2) is 47.0 Å². The zero-order valence-corrected chi connectivity index (χ0v) is 16.3. The second-order valence-electron chi connectivity index (χ2n) is 6.59. The third-order valence-corrected chi connectivity index (χ3v) is 4.40. The van der Waals surface area contributed by atoms with Gasteiger partial charge in [0.05, 0.1) is 0 Å². The average molecular weight is 381 g/mol. The van der Waals surface area contributed by atoms with Crippen LogP contribution < -0.4 is 10.6 Å². The molecule has 6 nitrogen and oxygen atoms in total. The molecule has 0 saturated heterocycles. The second-order valence-corrected chi connectivity index (χ2v) is 7.57. The van der Waals surface area contributed by atoms with Gasteiger partial charge in [-0.05, 0) is 29.9 Å². The predicted molar refractivity (Wildman–Crippen MR) is 104 cm³/mol. The van der Waals surface area contributed by atoms with Crippen LogP contribution in [0.25, 0.3) is 0 Å². The van der Waals surface area contributed by atoms with Gasteiger partial charge in [-0.3, -0.25) is 9.59 Å². The Hall–Kier alpha value is -2.02. The van der Waals surface area contributed by atoms with E-state index in [9.17, 15) is 19.5 Å². The number of rotatable bonds is 11. The summed E-state index contributed by atoms with van der Waals surface area (Å²) in [4.78, 5) is 36.1. The van der Waals surface area contributed by atoms with Gasteiger partial charge in [0.1, 0.15) is 12.1 Å². The molecule has 26 heavy (non-hydrogen) atoms. The van der Waals surface area contributed by atoms with Crippen molar-refractivity contribution in [2.24, 2.45) is 5.92 Å². The highest BCUT2D eigenvalue weighted by atomic mass is 32.2. The third-order valence-electron chi connectivity index (χ3n) is 3.75. The Balaban J connectivity index is 2.76. The van der Waals surface area contributed by atoms with Crippen LogP contribution in [-0.2, 0) is 20.8 Å². The van der Waals surface area contributed by atoms with E-state index in [0.29, 0.717) is 18.6 Å². The molecule has 0 heterocycles. The van der Waals surface area contributed by atoms with Crippen molar-refractivity contribution in [3.05, 3.63) is 35.9 Å². The number of amides is 2. The largest absolute Gasteiger partial charge is 0.480 e. The van der Waals surface area contributed by atoms with Gasteiger partial charge in [-0.25, -0.2) is 4.79 Å². The van der Waals surface area contributed by atoms with E-state index in [-0.39, 0.29) is 18.2 Å². The molecule has 1 rings (SSSR count). The molecular formula is C19H28N2O4S. The molecule has 2 amide bonds. The van der Waals surface area contributed by atoms with Gasteiger partial charge in [-0.2, -0.15) is 11.8 Å². The first-order chi connectivity index (χ1) is 12.3. The number of carboxylic acid groups (broad SMARTS) is 1. The summed E-state index contributed by atoms with van der Waals surface area (Å²) in [5.41, 5.74) is 0.824. The van der Waals surface area contributed by atoms with Gasteiger partial charge in [0.25, 0.3) is 0 Å².